The molecule has 4 heteroatoms. The minimum atomic E-state index is -0.942. The molecule has 1 aromatic heterocycles. The number of fused-ring (bicyclic) bond motifs is 1. The molecule has 0 bridgehead atoms. The van der Waals surface area contributed by atoms with Crippen LogP contribution >= 0.6 is 0 Å². The first kappa shape index (κ1) is 13.0. The van der Waals surface area contributed by atoms with Gasteiger partial charge in [-0.1, -0.05) is 24.3 Å². The van der Waals surface area contributed by atoms with E-state index in [9.17, 15) is 10.2 Å². The smallest absolute Gasteiger partial charge is 0.122 e. The van der Waals surface area contributed by atoms with E-state index in [2.05, 4.69) is 10.3 Å². The number of benzene rings is 1. The minimum Gasteiger partial charge on any atom is -0.390 e. The molecule has 18 heavy (non-hydrogen) atoms. The van der Waals surface area contributed by atoms with Crippen LogP contribution in [0.2, 0.25) is 0 Å². The Morgan fingerprint density at radius 3 is 2.72 bits per heavy atom. The van der Waals surface area contributed by atoms with Crippen LogP contribution in [0.3, 0.4) is 0 Å². The maximum absolute atomic E-state index is 10.0. The fourth-order valence-corrected chi connectivity index (χ4v) is 1.89. The molecule has 2 atom stereocenters. The quantitative estimate of drug-likeness (QED) is 0.742. The van der Waals surface area contributed by atoms with E-state index in [1.54, 1.807) is 6.07 Å². The molecule has 0 aliphatic rings. The van der Waals surface area contributed by atoms with E-state index in [4.69, 9.17) is 0 Å². The third kappa shape index (κ3) is 2.85. The van der Waals surface area contributed by atoms with Gasteiger partial charge in [0.1, 0.15) is 6.10 Å². The summed E-state index contributed by atoms with van der Waals surface area (Å²) in [6.45, 7) is 0.659. The minimum absolute atomic E-state index is 0.492. The summed E-state index contributed by atoms with van der Waals surface area (Å²) in [6.07, 6.45) is -1.25. The number of nitrogens with zero attached hydrogens (tertiary/aromatic N) is 1. The van der Waals surface area contributed by atoms with Gasteiger partial charge in [-0.3, -0.25) is 0 Å². The van der Waals surface area contributed by atoms with E-state index in [0.29, 0.717) is 18.7 Å². The van der Waals surface area contributed by atoms with E-state index in [1.165, 1.54) is 0 Å². The van der Waals surface area contributed by atoms with Crippen LogP contribution in [0.4, 0.5) is 0 Å². The van der Waals surface area contributed by atoms with Crippen molar-refractivity contribution in [3.63, 3.8) is 0 Å². The van der Waals surface area contributed by atoms with Gasteiger partial charge in [-0.2, -0.15) is 0 Å². The maximum Gasteiger partial charge on any atom is 0.122 e. The van der Waals surface area contributed by atoms with E-state index < -0.39 is 12.2 Å². The molecule has 0 radical (unpaired) electrons. The maximum atomic E-state index is 10.0. The Labute approximate surface area is 106 Å². The molecular formula is C14H18N2O2. The first-order valence-electron chi connectivity index (χ1n) is 6.09. The fourth-order valence-electron chi connectivity index (χ4n) is 1.89. The van der Waals surface area contributed by atoms with Gasteiger partial charge in [0.05, 0.1) is 17.3 Å². The Hall–Kier alpha value is -1.49. The summed E-state index contributed by atoms with van der Waals surface area (Å²) in [6, 6.07) is 11.4. The second kappa shape index (κ2) is 5.91. The summed E-state index contributed by atoms with van der Waals surface area (Å²) in [5.74, 6) is 0. The van der Waals surface area contributed by atoms with E-state index in [1.807, 2.05) is 37.4 Å². The number of hydrogen-bond donors (Lipinski definition) is 3. The summed E-state index contributed by atoms with van der Waals surface area (Å²) in [5, 5.41) is 23.8. The van der Waals surface area contributed by atoms with Crippen LogP contribution in [0.25, 0.3) is 10.9 Å². The van der Waals surface area contributed by atoms with Crippen molar-refractivity contribution in [3.05, 3.63) is 42.1 Å². The zero-order valence-corrected chi connectivity index (χ0v) is 10.4. The highest BCUT2D eigenvalue weighted by Crippen LogP contribution is 2.20. The second-order valence-corrected chi connectivity index (χ2v) is 4.33. The molecule has 0 fully saturated rings. The molecule has 96 valence electrons. The van der Waals surface area contributed by atoms with Crippen LogP contribution in [0.1, 0.15) is 18.2 Å². The Bertz CT molecular complexity index is 516. The van der Waals surface area contributed by atoms with Crippen molar-refractivity contribution in [2.75, 3.05) is 13.6 Å². The molecule has 0 aliphatic carbocycles. The monoisotopic (exact) mass is 246 g/mol. The van der Waals surface area contributed by atoms with Crippen molar-refractivity contribution in [3.8, 4) is 0 Å². The summed E-state index contributed by atoms with van der Waals surface area (Å²) in [7, 11) is 1.81. The lowest BCUT2D eigenvalue weighted by atomic mass is 10.1. The van der Waals surface area contributed by atoms with Gasteiger partial charge < -0.3 is 15.5 Å². The van der Waals surface area contributed by atoms with Gasteiger partial charge in [-0.25, -0.2) is 4.98 Å². The predicted octanol–water partition coefficient (Wildman–Crippen LogP) is 1.24. The Morgan fingerprint density at radius 1 is 1.17 bits per heavy atom. The SMILES string of the molecule is CNCCC(O)C(O)c1ccc2ccccc2n1. The van der Waals surface area contributed by atoms with Gasteiger partial charge in [0.25, 0.3) is 0 Å². The van der Waals surface area contributed by atoms with Crippen molar-refractivity contribution in [2.45, 2.75) is 18.6 Å². The van der Waals surface area contributed by atoms with Crippen LogP contribution in [-0.4, -0.2) is 34.9 Å². The average Bonchev–Trinajstić information content (AvgIpc) is 2.43. The van der Waals surface area contributed by atoms with Crippen molar-refractivity contribution in [1.82, 2.24) is 10.3 Å². The first-order chi connectivity index (χ1) is 8.72. The molecule has 0 spiro atoms. The Balaban J connectivity index is 2.19. The first-order valence-corrected chi connectivity index (χ1v) is 6.09. The summed E-state index contributed by atoms with van der Waals surface area (Å²) < 4.78 is 0. The van der Waals surface area contributed by atoms with Crippen molar-refractivity contribution >= 4 is 10.9 Å². The summed E-state index contributed by atoms with van der Waals surface area (Å²) in [5.41, 5.74) is 1.34. The Morgan fingerprint density at radius 2 is 1.94 bits per heavy atom. The molecule has 3 N–H and O–H groups in total. The summed E-state index contributed by atoms with van der Waals surface area (Å²) >= 11 is 0. The van der Waals surface area contributed by atoms with Crippen LogP contribution in [0.15, 0.2) is 36.4 Å². The number of aromatic nitrogens is 1. The molecule has 0 aliphatic heterocycles. The molecule has 0 saturated carbocycles. The largest absolute Gasteiger partial charge is 0.390 e. The lowest BCUT2D eigenvalue weighted by Gasteiger charge is -2.17. The average molecular weight is 246 g/mol. The molecule has 2 aromatic rings. The number of para-hydroxylation sites is 1. The second-order valence-electron chi connectivity index (χ2n) is 4.33. The lowest BCUT2D eigenvalue weighted by molar-refractivity contribution is 0.0117. The van der Waals surface area contributed by atoms with Gasteiger partial charge in [-0.15, -0.1) is 0 Å². The normalized spacial score (nSPS) is 14.6. The van der Waals surface area contributed by atoms with Crippen molar-refractivity contribution in [1.29, 1.82) is 0 Å². The Kier molecular flexibility index (Phi) is 4.25. The summed E-state index contributed by atoms with van der Waals surface area (Å²) in [4.78, 5) is 4.37. The fraction of sp³-hybridized carbons (Fsp3) is 0.357. The van der Waals surface area contributed by atoms with E-state index in [-0.39, 0.29) is 0 Å². The van der Waals surface area contributed by atoms with E-state index >= 15 is 0 Å². The standard InChI is InChI=1S/C14H18N2O2/c1-15-9-8-13(17)14(18)12-7-6-10-4-2-3-5-11(10)16-12/h2-7,13-15,17-18H,8-9H2,1H3. The van der Waals surface area contributed by atoms with Crippen LogP contribution < -0.4 is 5.32 Å². The molecule has 1 aromatic carbocycles. The van der Waals surface area contributed by atoms with Gasteiger partial charge in [0.2, 0.25) is 0 Å². The zero-order valence-electron chi connectivity index (χ0n) is 10.4. The number of pyridine rings is 1. The highest BCUT2D eigenvalue weighted by molar-refractivity contribution is 5.78. The molecular weight excluding hydrogens is 228 g/mol. The predicted molar refractivity (Wildman–Crippen MR) is 71.3 cm³/mol. The van der Waals surface area contributed by atoms with E-state index in [0.717, 1.165) is 10.9 Å². The highest BCUT2D eigenvalue weighted by atomic mass is 16.3. The molecule has 2 rings (SSSR count). The number of rotatable bonds is 5. The molecule has 0 saturated heterocycles. The van der Waals surface area contributed by atoms with Gasteiger partial charge in [-0.05, 0) is 32.1 Å². The molecule has 1 heterocycles. The van der Waals surface area contributed by atoms with Gasteiger partial charge >= 0.3 is 0 Å². The molecule has 0 amide bonds. The number of hydrogen-bond acceptors (Lipinski definition) is 4. The number of aliphatic hydroxyl groups is 2. The topological polar surface area (TPSA) is 65.4 Å². The van der Waals surface area contributed by atoms with Gasteiger partial charge in [0, 0.05) is 5.39 Å². The molecule has 4 nitrogen and oxygen atoms in total. The van der Waals surface area contributed by atoms with Crippen LogP contribution in [0.5, 0.6) is 0 Å². The lowest BCUT2D eigenvalue weighted by Crippen LogP contribution is -2.23. The number of aliphatic hydroxyl groups excluding tert-OH is 2. The van der Waals surface area contributed by atoms with Gasteiger partial charge in [0.15, 0.2) is 0 Å². The van der Waals surface area contributed by atoms with Crippen molar-refractivity contribution < 1.29 is 10.2 Å². The zero-order chi connectivity index (χ0) is 13.0. The number of nitrogens with one attached hydrogen (secondary N) is 1. The van der Waals surface area contributed by atoms with Crippen molar-refractivity contribution in [2.24, 2.45) is 0 Å². The highest BCUT2D eigenvalue weighted by Gasteiger charge is 2.19. The third-order valence-electron chi connectivity index (χ3n) is 2.98. The van der Waals surface area contributed by atoms with Crippen LogP contribution in [-0.2, 0) is 0 Å². The third-order valence-corrected chi connectivity index (χ3v) is 2.98. The molecule has 2 unspecified atom stereocenters. The van der Waals surface area contributed by atoms with Crippen LogP contribution in [0, 0.1) is 0 Å².